The lowest BCUT2D eigenvalue weighted by Crippen LogP contribution is -2.65. The van der Waals surface area contributed by atoms with Crippen molar-refractivity contribution < 1.29 is 9.59 Å². The second-order valence-corrected chi connectivity index (χ2v) is 14.9. The highest BCUT2D eigenvalue weighted by Crippen LogP contribution is 2.75. The van der Waals surface area contributed by atoms with Crippen LogP contribution >= 0.6 is 0 Å². The fourth-order valence-electron chi connectivity index (χ4n) is 10.3. The largest absolute Gasteiger partial charge is 0.369 e. The van der Waals surface area contributed by atoms with E-state index in [1.807, 2.05) is 0 Å². The highest BCUT2D eigenvalue weighted by Gasteiger charge is 2.69. The van der Waals surface area contributed by atoms with Gasteiger partial charge in [0.25, 0.3) is 0 Å². The molecule has 34 heavy (non-hydrogen) atoms. The molecule has 5 aliphatic carbocycles. The van der Waals surface area contributed by atoms with Gasteiger partial charge in [-0.2, -0.15) is 0 Å². The first-order chi connectivity index (χ1) is 15.6. The summed E-state index contributed by atoms with van der Waals surface area (Å²) >= 11 is 0. The zero-order chi connectivity index (χ0) is 25.1. The standard InChI is InChI=1S/C31H47NO2/c1-19-9-11-29(6)23(26(19,2)3)10-12-31(8)24(29)22(33)17-20-21-18-28(5,25(32)34)14-13-27(21,4)15-16-30(20,31)7/h17,21,23-24H,1,9-16,18H2,2-8H3,(H2,32,34)/t21?,23-,24+,27+,28-,29-,30+,31+/m0/s1. The number of hydrogen-bond donors (Lipinski definition) is 1. The molecule has 1 unspecified atom stereocenters. The summed E-state index contributed by atoms with van der Waals surface area (Å²) in [6.45, 7) is 21.0. The van der Waals surface area contributed by atoms with Gasteiger partial charge in [0.1, 0.15) is 0 Å². The van der Waals surface area contributed by atoms with E-state index in [4.69, 9.17) is 5.73 Å². The first kappa shape index (κ1) is 24.3. The molecule has 5 aliphatic rings. The molecule has 3 heteroatoms. The van der Waals surface area contributed by atoms with Gasteiger partial charge in [-0.25, -0.2) is 0 Å². The Kier molecular flexibility index (Phi) is 4.92. The molecular formula is C31H47NO2. The Morgan fingerprint density at radius 3 is 2.26 bits per heavy atom. The molecule has 0 aliphatic heterocycles. The van der Waals surface area contributed by atoms with E-state index >= 15 is 0 Å². The second kappa shape index (κ2) is 6.88. The number of nitrogens with two attached hydrogens (primary N) is 1. The van der Waals surface area contributed by atoms with Crippen LogP contribution in [0, 0.1) is 50.2 Å². The first-order valence-electron chi connectivity index (χ1n) is 13.8. The molecule has 0 saturated heterocycles. The van der Waals surface area contributed by atoms with Crippen molar-refractivity contribution in [3.8, 4) is 0 Å². The molecule has 1 amide bonds. The van der Waals surface area contributed by atoms with Gasteiger partial charge >= 0.3 is 0 Å². The first-order valence-corrected chi connectivity index (χ1v) is 13.8. The van der Waals surface area contributed by atoms with Crippen LogP contribution in [0.2, 0.25) is 0 Å². The summed E-state index contributed by atoms with van der Waals surface area (Å²) in [6.07, 6.45) is 11.5. The number of carbonyl (C=O) groups is 2. The monoisotopic (exact) mass is 465 g/mol. The number of ketones is 1. The normalized spacial score (nSPS) is 52.0. The van der Waals surface area contributed by atoms with Crippen LogP contribution < -0.4 is 5.73 Å². The Bertz CT molecular complexity index is 1010. The molecule has 0 spiro atoms. The molecule has 0 aromatic rings. The molecule has 0 heterocycles. The van der Waals surface area contributed by atoms with Crippen molar-refractivity contribution in [2.75, 3.05) is 0 Å². The van der Waals surface area contributed by atoms with Crippen molar-refractivity contribution in [1.82, 2.24) is 0 Å². The molecule has 2 N–H and O–H groups in total. The van der Waals surface area contributed by atoms with Gasteiger partial charge in [0.15, 0.2) is 5.78 Å². The molecule has 5 rings (SSSR count). The summed E-state index contributed by atoms with van der Waals surface area (Å²) in [7, 11) is 0. The Hall–Kier alpha value is -1.38. The number of carbonyl (C=O) groups excluding carboxylic acids is 2. The Morgan fingerprint density at radius 2 is 1.62 bits per heavy atom. The average Bonchev–Trinajstić information content (AvgIpc) is 2.73. The fourth-order valence-corrected chi connectivity index (χ4v) is 10.3. The summed E-state index contributed by atoms with van der Waals surface area (Å²) in [6, 6.07) is 0. The minimum absolute atomic E-state index is 0.00176. The van der Waals surface area contributed by atoms with E-state index in [0.29, 0.717) is 11.7 Å². The van der Waals surface area contributed by atoms with Crippen molar-refractivity contribution in [3.05, 3.63) is 23.8 Å². The molecule has 0 aromatic carbocycles. The molecule has 3 nitrogen and oxygen atoms in total. The number of amides is 1. The molecule has 0 aromatic heterocycles. The number of hydrogen-bond acceptors (Lipinski definition) is 2. The molecule has 0 bridgehead atoms. The van der Waals surface area contributed by atoms with Gasteiger partial charge in [0.05, 0.1) is 0 Å². The minimum atomic E-state index is -0.471. The van der Waals surface area contributed by atoms with E-state index < -0.39 is 5.41 Å². The lowest BCUT2D eigenvalue weighted by atomic mass is 9.33. The summed E-state index contributed by atoms with van der Waals surface area (Å²) in [4.78, 5) is 26.7. The lowest BCUT2D eigenvalue weighted by Gasteiger charge is -2.70. The van der Waals surface area contributed by atoms with Crippen LogP contribution in [0.5, 0.6) is 0 Å². The molecular weight excluding hydrogens is 418 g/mol. The number of rotatable bonds is 1. The number of allylic oxidation sites excluding steroid dienone is 3. The Morgan fingerprint density at radius 1 is 0.971 bits per heavy atom. The number of primary amides is 1. The van der Waals surface area contributed by atoms with E-state index in [2.05, 4.69) is 61.1 Å². The van der Waals surface area contributed by atoms with Gasteiger partial charge in [-0.3, -0.25) is 9.59 Å². The van der Waals surface area contributed by atoms with Crippen LogP contribution in [0.25, 0.3) is 0 Å². The second-order valence-electron chi connectivity index (χ2n) is 14.9. The van der Waals surface area contributed by atoms with Gasteiger partial charge < -0.3 is 5.73 Å². The Balaban J connectivity index is 1.63. The van der Waals surface area contributed by atoms with Gasteiger partial charge in [-0.1, -0.05) is 66.2 Å². The topological polar surface area (TPSA) is 60.2 Å². The summed E-state index contributed by atoms with van der Waals surface area (Å²) in [5.41, 5.74) is 8.38. The predicted octanol–water partition coefficient (Wildman–Crippen LogP) is 7.01. The van der Waals surface area contributed by atoms with E-state index in [1.54, 1.807) is 0 Å². The third-order valence-corrected chi connectivity index (χ3v) is 13.2. The van der Waals surface area contributed by atoms with Crippen molar-refractivity contribution in [2.45, 2.75) is 106 Å². The van der Waals surface area contributed by atoms with Crippen LogP contribution in [0.4, 0.5) is 0 Å². The van der Waals surface area contributed by atoms with Crippen LogP contribution in [0.15, 0.2) is 23.8 Å². The lowest BCUT2D eigenvalue weighted by molar-refractivity contribution is -0.178. The van der Waals surface area contributed by atoms with Crippen molar-refractivity contribution in [2.24, 2.45) is 56.0 Å². The minimum Gasteiger partial charge on any atom is -0.369 e. The third kappa shape index (κ3) is 2.76. The Labute approximate surface area is 207 Å². The zero-order valence-corrected chi connectivity index (χ0v) is 22.8. The molecule has 4 fully saturated rings. The summed E-state index contributed by atoms with van der Waals surface area (Å²) in [5.74, 6) is 1.03. The predicted molar refractivity (Wildman–Crippen MR) is 138 cm³/mol. The van der Waals surface area contributed by atoms with E-state index in [1.165, 1.54) is 24.0 Å². The molecule has 0 radical (unpaired) electrons. The third-order valence-electron chi connectivity index (χ3n) is 13.2. The van der Waals surface area contributed by atoms with E-state index in [9.17, 15) is 9.59 Å². The van der Waals surface area contributed by atoms with Gasteiger partial charge in [0.2, 0.25) is 5.91 Å². The van der Waals surface area contributed by atoms with Gasteiger partial charge in [0, 0.05) is 11.3 Å². The fraction of sp³-hybridized carbons (Fsp3) is 0.806. The maximum absolute atomic E-state index is 14.3. The van der Waals surface area contributed by atoms with E-state index in [0.717, 1.165) is 44.9 Å². The van der Waals surface area contributed by atoms with Crippen LogP contribution in [-0.2, 0) is 9.59 Å². The molecule has 8 atom stereocenters. The summed E-state index contributed by atoms with van der Waals surface area (Å²) in [5, 5.41) is 0. The van der Waals surface area contributed by atoms with Crippen LogP contribution in [0.3, 0.4) is 0 Å². The van der Waals surface area contributed by atoms with Crippen molar-refractivity contribution >= 4 is 11.7 Å². The highest BCUT2D eigenvalue weighted by atomic mass is 16.1. The average molecular weight is 466 g/mol. The summed E-state index contributed by atoms with van der Waals surface area (Å²) < 4.78 is 0. The SMILES string of the molecule is C=C1CC[C@]2(C)[C@H]3C(=O)C=C4C5C[C@@](C)(C(N)=O)CC[C@]5(C)CC[C@@]4(C)[C@]3(C)CC[C@H]2C1(C)C. The highest BCUT2D eigenvalue weighted by molar-refractivity contribution is 5.95. The van der Waals surface area contributed by atoms with Crippen LogP contribution in [0.1, 0.15) is 106 Å². The van der Waals surface area contributed by atoms with Crippen molar-refractivity contribution in [3.63, 3.8) is 0 Å². The van der Waals surface area contributed by atoms with Gasteiger partial charge in [-0.05, 0) is 103 Å². The molecule has 188 valence electrons. The molecule has 4 saturated carbocycles. The smallest absolute Gasteiger partial charge is 0.223 e. The quantitative estimate of drug-likeness (QED) is 0.423. The van der Waals surface area contributed by atoms with E-state index in [-0.39, 0.29) is 44.8 Å². The maximum atomic E-state index is 14.3. The van der Waals surface area contributed by atoms with Crippen LogP contribution in [-0.4, -0.2) is 11.7 Å². The zero-order valence-electron chi connectivity index (χ0n) is 22.8. The van der Waals surface area contributed by atoms with Crippen molar-refractivity contribution in [1.29, 1.82) is 0 Å². The van der Waals surface area contributed by atoms with Gasteiger partial charge in [-0.15, -0.1) is 0 Å². The number of fused-ring (bicyclic) bond motifs is 7. The maximum Gasteiger partial charge on any atom is 0.223 e.